The Balaban J connectivity index is 1.22. The SMILES string of the molecule is O=C(c1cc(O)c(O)c(O)c1)C1Cc2c(O)cc(O)c(C3c4c(O)cc(O)c(C5c6c(O)cc(O)cc6OC(c6cc(O)c(O)c(O)c6)C5C(=O)c5cc(O)c(O)c(O)c5)c4OC(c4cc(O)c(O)c(O)c4)C3C(=O)c3cc(O)c(O)c(O)c3)c2OC1c1cc(O)c(O)c(O)c1. The normalized spacial score (nSPS) is 19.3. The lowest BCUT2D eigenvalue weighted by molar-refractivity contribution is 0.0573. The molecule has 3 heterocycles. The van der Waals surface area contributed by atoms with E-state index in [-0.39, 0.29) is 0 Å². The lowest BCUT2D eigenvalue weighted by Crippen LogP contribution is -2.39. The number of phenols is 24. The third kappa shape index (κ3) is 9.94. The molecule has 9 aromatic rings. The Kier molecular flexibility index (Phi) is 14.7. The Morgan fingerprint density at radius 1 is 0.281 bits per heavy atom. The number of hydrogen-bond donors (Lipinski definition) is 24. The first-order chi connectivity index (χ1) is 45.3. The van der Waals surface area contributed by atoms with Crippen molar-refractivity contribution < 1.29 is 151 Å². The number of phenolic OH excluding ortho intramolecular Hbond substituents is 24. The molecule has 0 spiro atoms. The molecule has 8 atom stereocenters. The van der Waals surface area contributed by atoms with E-state index >= 15 is 9.59 Å². The summed E-state index contributed by atoms with van der Waals surface area (Å²) < 4.78 is 19.9. The highest BCUT2D eigenvalue weighted by Gasteiger charge is 2.55. The van der Waals surface area contributed by atoms with Crippen LogP contribution in [0.5, 0.6) is 155 Å². The molecular formula is C66H50O30. The quantitative estimate of drug-likeness (QED) is 0.0445. The van der Waals surface area contributed by atoms with Crippen LogP contribution in [0.3, 0.4) is 0 Å². The van der Waals surface area contributed by atoms with Gasteiger partial charge in [0.25, 0.3) is 0 Å². The maximum Gasteiger partial charge on any atom is 0.200 e. The first kappa shape index (κ1) is 62.8. The molecule has 3 aliphatic rings. The van der Waals surface area contributed by atoms with Gasteiger partial charge in [-0.1, -0.05) is 0 Å². The summed E-state index contributed by atoms with van der Waals surface area (Å²) in [6, 6.07) is 11.2. The molecule has 8 unspecified atom stereocenters. The van der Waals surface area contributed by atoms with E-state index in [1.54, 1.807) is 0 Å². The number of fused-ring (bicyclic) bond motifs is 3. The summed E-state index contributed by atoms with van der Waals surface area (Å²) in [6.07, 6.45) is -7.31. The number of Topliss-reactive ketones (excluding diaryl/α,β-unsaturated/α-hetero) is 3. The number of ether oxygens (including phenoxy) is 3. The maximum absolute atomic E-state index is 16.1. The summed E-state index contributed by atoms with van der Waals surface area (Å²) in [5, 5.41) is 268. The maximum atomic E-state index is 16.1. The Hall–Kier alpha value is -13.4. The van der Waals surface area contributed by atoms with Crippen molar-refractivity contribution in [3.63, 3.8) is 0 Å². The lowest BCUT2D eigenvalue weighted by Gasteiger charge is -2.45. The molecule has 12 rings (SSSR count). The largest absolute Gasteiger partial charge is 0.508 e. The van der Waals surface area contributed by atoms with Gasteiger partial charge in [-0.05, 0) is 79.2 Å². The number of hydrogen-bond acceptors (Lipinski definition) is 30. The molecule has 0 saturated carbocycles. The number of carbonyl (C=O) groups excluding carboxylic acids is 3. The zero-order chi connectivity index (χ0) is 69.4. The third-order valence-corrected chi connectivity index (χ3v) is 17.2. The van der Waals surface area contributed by atoms with E-state index in [1.165, 1.54) is 0 Å². The van der Waals surface area contributed by atoms with Crippen molar-refractivity contribution in [2.75, 3.05) is 0 Å². The highest BCUT2D eigenvalue weighted by molar-refractivity contribution is 6.03. The molecule has 0 radical (unpaired) electrons. The van der Waals surface area contributed by atoms with E-state index in [1.807, 2.05) is 0 Å². The fraction of sp³-hybridized carbons (Fsp3) is 0.136. The van der Waals surface area contributed by atoms with Crippen LogP contribution >= 0.6 is 0 Å². The zero-order valence-electron chi connectivity index (χ0n) is 48.2. The number of rotatable bonds is 11. The van der Waals surface area contributed by atoms with Crippen LogP contribution in [0.15, 0.2) is 97.1 Å². The lowest BCUT2D eigenvalue weighted by atomic mass is 9.66. The van der Waals surface area contributed by atoms with Gasteiger partial charge in [-0.3, -0.25) is 14.4 Å². The number of carbonyl (C=O) groups is 3. The van der Waals surface area contributed by atoms with Crippen LogP contribution in [0.1, 0.15) is 106 Å². The first-order valence-electron chi connectivity index (χ1n) is 28.1. The molecule has 0 aromatic heterocycles. The topological polar surface area (TPSA) is 564 Å². The molecule has 0 saturated heterocycles. The highest BCUT2D eigenvalue weighted by Crippen LogP contribution is 2.66. The van der Waals surface area contributed by atoms with Crippen LogP contribution in [-0.4, -0.2) is 140 Å². The van der Waals surface area contributed by atoms with E-state index in [9.17, 15) is 127 Å². The molecule has 30 heteroatoms. The van der Waals surface area contributed by atoms with Crippen molar-refractivity contribution in [3.05, 3.63) is 158 Å². The van der Waals surface area contributed by atoms with Gasteiger partial charge in [0, 0.05) is 97.3 Å². The molecule has 0 aliphatic carbocycles. The van der Waals surface area contributed by atoms with E-state index in [0.717, 1.165) is 42.5 Å². The first-order valence-corrected chi connectivity index (χ1v) is 28.1. The van der Waals surface area contributed by atoms with Crippen LogP contribution in [-0.2, 0) is 6.42 Å². The van der Waals surface area contributed by atoms with E-state index in [2.05, 4.69) is 0 Å². The predicted octanol–water partition coefficient (Wildman–Crippen LogP) is 7.33. The number of ketones is 3. The molecule has 3 aliphatic heterocycles. The summed E-state index contributed by atoms with van der Waals surface area (Å²) in [5.41, 5.74) is -7.26. The fourth-order valence-corrected chi connectivity index (χ4v) is 12.9. The van der Waals surface area contributed by atoms with Crippen molar-refractivity contribution in [2.24, 2.45) is 17.8 Å². The molecule has 9 aromatic carbocycles. The second kappa shape index (κ2) is 22.5. The Bertz CT molecular complexity index is 4730. The smallest absolute Gasteiger partial charge is 0.200 e. The Morgan fingerprint density at radius 3 is 0.958 bits per heavy atom. The summed E-state index contributed by atoms with van der Waals surface area (Å²) in [4.78, 5) is 46.9. The minimum absolute atomic E-state index is 0.425. The average Bonchev–Trinajstić information content (AvgIpc) is 0.707. The number of benzene rings is 9. The van der Waals surface area contributed by atoms with Gasteiger partial charge in [-0.25, -0.2) is 0 Å². The van der Waals surface area contributed by atoms with Gasteiger partial charge < -0.3 is 137 Å². The zero-order valence-corrected chi connectivity index (χ0v) is 48.2. The number of aromatic hydroxyl groups is 24. The minimum Gasteiger partial charge on any atom is -0.508 e. The van der Waals surface area contributed by atoms with Gasteiger partial charge >= 0.3 is 0 Å². The molecule has 24 N–H and O–H groups in total. The average molecular weight is 1320 g/mol. The summed E-state index contributed by atoms with van der Waals surface area (Å²) in [6.45, 7) is 0. The molecule has 0 amide bonds. The van der Waals surface area contributed by atoms with Gasteiger partial charge in [-0.15, -0.1) is 0 Å². The molecule has 0 bridgehead atoms. The van der Waals surface area contributed by atoms with Gasteiger partial charge in [0.1, 0.15) is 70.1 Å². The van der Waals surface area contributed by atoms with E-state index < -0.39 is 288 Å². The van der Waals surface area contributed by atoms with Crippen LogP contribution in [0.25, 0.3) is 0 Å². The predicted molar refractivity (Wildman–Crippen MR) is 319 cm³/mol. The standard InChI is InChI=1S/C66H50O30/c67-24-13-28(69)45-44(14-24)94-63(22-9-40(81)60(92)41(82)10-22)51(54(86)19-3-34(75)57(89)35(76)4-19)49(45)47-30(71)17-31(72)48-50(52(55(87)20-5-36(77)58(90)37(78)6-20)64(96-66(47)48)23-11-42(83)61(93)43(84)12-23)46-29(70)16-27(68)25-15-26(53(85)18-1-32(73)56(88)33(74)2-18)62(95-65(25)46)21-7-38(79)59(91)39(80)8-21/h1-14,16-17,26,49-52,62-64,67-84,88-93H,15H2. The third-order valence-electron chi connectivity index (χ3n) is 17.2. The summed E-state index contributed by atoms with van der Waals surface area (Å²) >= 11 is 0. The second-order valence-electron chi connectivity index (χ2n) is 22.9. The molecule has 494 valence electrons. The fourth-order valence-electron chi connectivity index (χ4n) is 12.9. The van der Waals surface area contributed by atoms with E-state index in [4.69, 9.17) is 14.2 Å². The van der Waals surface area contributed by atoms with Gasteiger partial charge in [0.15, 0.2) is 121 Å². The van der Waals surface area contributed by atoms with Gasteiger partial charge in [-0.2, -0.15) is 0 Å². The summed E-state index contributed by atoms with van der Waals surface area (Å²) in [7, 11) is 0. The Labute approximate surface area is 534 Å². The minimum atomic E-state index is -2.40. The molecule has 30 nitrogen and oxygen atoms in total. The van der Waals surface area contributed by atoms with Gasteiger partial charge in [0.2, 0.25) is 0 Å². The molecule has 0 fully saturated rings. The van der Waals surface area contributed by atoms with Crippen LogP contribution in [0.2, 0.25) is 0 Å². The van der Waals surface area contributed by atoms with Crippen molar-refractivity contribution >= 4 is 17.3 Å². The van der Waals surface area contributed by atoms with E-state index in [0.29, 0.717) is 54.6 Å². The van der Waals surface area contributed by atoms with Crippen molar-refractivity contribution in [1.29, 1.82) is 0 Å². The van der Waals surface area contributed by atoms with Crippen LogP contribution < -0.4 is 14.2 Å². The Morgan fingerprint density at radius 2 is 0.573 bits per heavy atom. The van der Waals surface area contributed by atoms with Gasteiger partial charge in [0.05, 0.1) is 17.8 Å². The van der Waals surface area contributed by atoms with Crippen molar-refractivity contribution in [3.8, 4) is 155 Å². The highest BCUT2D eigenvalue weighted by atomic mass is 16.5. The van der Waals surface area contributed by atoms with Crippen LogP contribution in [0.4, 0.5) is 0 Å². The van der Waals surface area contributed by atoms with Crippen LogP contribution in [0, 0.1) is 17.8 Å². The molecular weight excluding hydrogens is 1270 g/mol. The van der Waals surface area contributed by atoms with Crippen molar-refractivity contribution in [2.45, 2.75) is 36.6 Å². The second-order valence-corrected chi connectivity index (χ2v) is 22.9. The van der Waals surface area contributed by atoms with Crippen molar-refractivity contribution in [1.82, 2.24) is 0 Å². The molecule has 96 heavy (non-hydrogen) atoms. The monoisotopic (exact) mass is 1320 g/mol. The summed E-state index contributed by atoms with van der Waals surface area (Å²) in [5.74, 6) is -43.6.